The molecule has 6 aromatic rings. The van der Waals surface area contributed by atoms with Gasteiger partial charge in [0.05, 0.1) is 62.2 Å². The molecule has 0 spiro atoms. The second kappa shape index (κ2) is 37.8. The van der Waals surface area contributed by atoms with Gasteiger partial charge in [-0.25, -0.2) is 9.36 Å². The van der Waals surface area contributed by atoms with E-state index in [2.05, 4.69) is 59.0 Å². The van der Waals surface area contributed by atoms with Gasteiger partial charge in [0.25, 0.3) is 0 Å². The molecule has 2 aliphatic heterocycles. The van der Waals surface area contributed by atoms with Crippen molar-refractivity contribution in [2.24, 2.45) is 0 Å². The predicted molar refractivity (Wildman–Crippen MR) is 320 cm³/mol. The van der Waals surface area contributed by atoms with Gasteiger partial charge in [-0.1, -0.05) is 161 Å². The molecule has 0 atom stereocenters. The van der Waals surface area contributed by atoms with Gasteiger partial charge in [0.15, 0.2) is 0 Å². The van der Waals surface area contributed by atoms with Gasteiger partial charge in [0.2, 0.25) is 23.6 Å². The largest absolute Gasteiger partial charge is 0.464 e. The van der Waals surface area contributed by atoms with Crippen LogP contribution in [0.5, 0.6) is 0 Å². The van der Waals surface area contributed by atoms with Crippen molar-refractivity contribution in [3.05, 3.63) is 122 Å². The fourth-order valence-corrected chi connectivity index (χ4v) is 10.0. The van der Waals surface area contributed by atoms with E-state index in [-0.39, 0.29) is 117 Å². The van der Waals surface area contributed by atoms with Crippen molar-refractivity contribution in [2.75, 3.05) is 62.5 Å². The molecular formula is C64H80N10O10W2-2. The standard InChI is InChI=1S/2C32H40N5O5.2W/c1-3-5-6-7-16-30(40)42-22-20-37-32-25-13-9-8-12-24(25)23-36(27-15-11-10-14-26(27)31(32)34-35-37)29(39)18-17-28(38)33-19-21-41-4-2;1-3-5-6-7-16-30(40)42-22-20-37-32-26-14-10-11-15-27(26)36(29(39)18-17-28(38)33-19-21-41-4-2)23-24-12-8-9-13-25(24)31(32)34-35-37;;/h2*8-15H,2-7,16-23H2,1H3,(H,33,38);;/q2*-1;;. The Bertz CT molecular complexity index is 3130. The van der Waals surface area contributed by atoms with Crippen molar-refractivity contribution in [1.82, 2.24) is 40.6 Å². The molecule has 0 saturated heterocycles. The van der Waals surface area contributed by atoms with E-state index in [1.807, 2.05) is 97.1 Å². The van der Waals surface area contributed by atoms with Crippen LogP contribution in [0.1, 0.15) is 115 Å². The molecule has 4 amide bonds. The maximum Gasteiger partial charge on any atom is 0.305 e. The molecule has 20 nitrogen and oxygen atoms in total. The minimum atomic E-state index is -0.212. The summed E-state index contributed by atoms with van der Waals surface area (Å²) in [6.07, 6.45) is 9.24. The second-order valence-electron chi connectivity index (χ2n) is 20.3. The third-order valence-electron chi connectivity index (χ3n) is 14.3. The SMILES string of the molecule is [CH2-]COCCNC(=O)CCC(=O)N1Cc2ccccc2-c2c(nnn2CCOC(=O)CCCCCC)-c2ccccc21.[CH2-]COCCNC(=O)CCC(=O)N1Cc2ccccc2-c2nnn(CCOC(=O)CCCCCC)c2-c2ccccc21.[W].[W]. The number of hydrogen-bond acceptors (Lipinski definition) is 14. The summed E-state index contributed by atoms with van der Waals surface area (Å²) in [7, 11) is 0. The molecular weight excluding hydrogens is 1440 g/mol. The van der Waals surface area contributed by atoms with E-state index in [4.69, 9.17) is 18.9 Å². The van der Waals surface area contributed by atoms with Gasteiger partial charge < -0.3 is 53.2 Å². The van der Waals surface area contributed by atoms with Gasteiger partial charge in [-0.05, 0) is 36.1 Å². The van der Waals surface area contributed by atoms with Gasteiger partial charge in [-0.3, -0.25) is 28.8 Å². The number of nitrogens with one attached hydrogen (secondary N) is 2. The average Bonchev–Trinajstić information content (AvgIpc) is 1.54. The molecule has 2 aliphatic rings. The van der Waals surface area contributed by atoms with Crippen LogP contribution in [0, 0.1) is 13.8 Å². The van der Waals surface area contributed by atoms with Crippen LogP contribution in [0.2, 0.25) is 0 Å². The van der Waals surface area contributed by atoms with E-state index >= 15 is 0 Å². The molecule has 0 aliphatic carbocycles. The van der Waals surface area contributed by atoms with E-state index in [0.29, 0.717) is 101 Å². The summed E-state index contributed by atoms with van der Waals surface area (Å²) in [6.45, 7) is 15.3. The van der Waals surface area contributed by atoms with Gasteiger partial charge in [-0.15, -0.1) is 10.2 Å². The Morgan fingerprint density at radius 3 is 1.37 bits per heavy atom. The number of hydrogen-bond donors (Lipinski definition) is 2. The summed E-state index contributed by atoms with van der Waals surface area (Å²) >= 11 is 0. The molecule has 4 aromatic carbocycles. The third-order valence-corrected chi connectivity index (χ3v) is 14.3. The molecule has 2 N–H and O–H groups in total. The van der Waals surface area contributed by atoms with Gasteiger partial charge >= 0.3 is 11.9 Å². The molecule has 2 aromatic heterocycles. The molecule has 22 heteroatoms. The van der Waals surface area contributed by atoms with Crippen LogP contribution in [0.25, 0.3) is 45.0 Å². The van der Waals surface area contributed by atoms with Crippen molar-refractivity contribution in [2.45, 2.75) is 130 Å². The summed E-state index contributed by atoms with van der Waals surface area (Å²) in [5.74, 6) is -1.15. The molecule has 0 saturated carbocycles. The zero-order valence-corrected chi connectivity index (χ0v) is 55.4. The number of carbonyl (C=O) groups is 6. The van der Waals surface area contributed by atoms with Crippen LogP contribution >= 0.6 is 0 Å². The van der Waals surface area contributed by atoms with Crippen molar-refractivity contribution >= 4 is 46.9 Å². The van der Waals surface area contributed by atoms with E-state index in [1.165, 1.54) is 0 Å². The van der Waals surface area contributed by atoms with E-state index in [0.717, 1.165) is 96.1 Å². The normalized spacial score (nSPS) is 11.7. The minimum Gasteiger partial charge on any atom is -0.464 e. The predicted octanol–water partition coefficient (Wildman–Crippen LogP) is 9.43. The van der Waals surface area contributed by atoms with E-state index in [1.54, 1.807) is 19.2 Å². The molecule has 8 rings (SSSR count). The number of amides is 4. The molecule has 0 bridgehead atoms. The topological polar surface area (TPSA) is 231 Å². The average molecular weight is 1520 g/mol. The minimum absolute atomic E-state index is 0. The Hall–Kier alpha value is -6.72. The van der Waals surface area contributed by atoms with Crippen molar-refractivity contribution in [3.8, 4) is 45.0 Å². The first kappa shape index (κ1) is 70.0. The second-order valence-corrected chi connectivity index (χ2v) is 20.3. The van der Waals surface area contributed by atoms with Crippen LogP contribution < -0.4 is 20.4 Å². The Kier molecular flexibility index (Phi) is 30.7. The van der Waals surface area contributed by atoms with Crippen molar-refractivity contribution in [1.29, 1.82) is 0 Å². The number of nitrogens with zero attached hydrogens (tertiary/aromatic N) is 8. The zero-order chi connectivity index (χ0) is 59.5. The smallest absolute Gasteiger partial charge is 0.305 e. The maximum atomic E-state index is 13.6. The van der Waals surface area contributed by atoms with Crippen LogP contribution in [-0.2, 0) is 116 Å². The molecule has 0 fully saturated rings. The van der Waals surface area contributed by atoms with E-state index < -0.39 is 0 Å². The van der Waals surface area contributed by atoms with Gasteiger partial charge in [-0.2, -0.15) is 0 Å². The van der Waals surface area contributed by atoms with Crippen LogP contribution in [0.4, 0.5) is 11.4 Å². The molecule has 4 heterocycles. The van der Waals surface area contributed by atoms with Crippen LogP contribution in [0.3, 0.4) is 0 Å². The Labute approximate surface area is 533 Å². The molecule has 0 unspecified atom stereocenters. The quantitative estimate of drug-likeness (QED) is 0.0243. The number of fused-ring (bicyclic) bond motifs is 10. The summed E-state index contributed by atoms with van der Waals surface area (Å²) in [5, 5.41) is 23.5. The maximum absolute atomic E-state index is 13.6. The number of ether oxygens (including phenoxy) is 4. The van der Waals surface area contributed by atoms with Crippen LogP contribution in [0.15, 0.2) is 97.1 Å². The summed E-state index contributed by atoms with van der Waals surface area (Å²) in [6, 6.07) is 30.9. The summed E-state index contributed by atoms with van der Waals surface area (Å²) in [4.78, 5) is 79.8. The Morgan fingerprint density at radius 1 is 0.477 bits per heavy atom. The van der Waals surface area contributed by atoms with Crippen molar-refractivity contribution < 1.29 is 89.8 Å². The molecule has 86 heavy (non-hydrogen) atoms. The van der Waals surface area contributed by atoms with Crippen LogP contribution in [-0.4, -0.2) is 118 Å². The van der Waals surface area contributed by atoms with Crippen molar-refractivity contribution in [3.63, 3.8) is 0 Å². The number of para-hydroxylation sites is 2. The fraction of sp³-hybridized carbons (Fsp3) is 0.438. The summed E-state index contributed by atoms with van der Waals surface area (Å²) in [5.41, 5.74) is 9.50. The third kappa shape index (κ3) is 20.2. The number of rotatable bonds is 30. The Balaban J connectivity index is 0.000000307. The van der Waals surface area contributed by atoms with Gasteiger partial charge in [0.1, 0.15) is 24.6 Å². The fourth-order valence-electron chi connectivity index (χ4n) is 10.0. The number of esters is 2. The Morgan fingerprint density at radius 2 is 0.884 bits per heavy atom. The summed E-state index contributed by atoms with van der Waals surface area (Å²) < 4.78 is 24.8. The number of anilines is 2. The zero-order valence-electron chi connectivity index (χ0n) is 49.5. The number of benzene rings is 4. The first-order valence-corrected chi connectivity index (χ1v) is 29.5. The first-order chi connectivity index (χ1) is 41.1. The van der Waals surface area contributed by atoms with Gasteiger partial charge in [0, 0.05) is 116 Å². The number of aromatic nitrogens is 6. The monoisotopic (exact) mass is 1520 g/mol. The number of unbranched alkanes of at least 4 members (excludes halogenated alkanes) is 6. The first-order valence-electron chi connectivity index (χ1n) is 29.5. The number of carbonyl (C=O) groups excluding carboxylic acids is 6. The molecule has 460 valence electrons. The van der Waals surface area contributed by atoms with E-state index in [9.17, 15) is 28.8 Å². The molecule has 0 radical (unpaired) electrons.